The fraction of sp³-hybridized carbons (Fsp3) is 0.143. The highest BCUT2D eigenvalue weighted by Gasteiger charge is 2.23. The molecule has 0 N–H and O–H groups in total. The van der Waals surface area contributed by atoms with Crippen molar-refractivity contribution in [1.29, 1.82) is 0 Å². The summed E-state index contributed by atoms with van der Waals surface area (Å²) in [7, 11) is 1.36. The quantitative estimate of drug-likeness (QED) is 0.662. The van der Waals surface area contributed by atoms with E-state index < -0.39 is 0 Å². The van der Waals surface area contributed by atoms with Gasteiger partial charge < -0.3 is 0 Å². The Morgan fingerprint density at radius 3 is 2.69 bits per heavy atom. The second kappa shape index (κ2) is 3.54. The fourth-order valence-electron chi connectivity index (χ4n) is 2.15. The average molecular weight is 225 g/mol. The Kier molecular flexibility index (Phi) is 2.15. The van der Waals surface area contributed by atoms with Crippen LogP contribution in [0.2, 0.25) is 0 Å². The molecule has 0 amide bonds. The highest BCUT2D eigenvalue weighted by atomic mass is 31.1. The lowest BCUT2D eigenvalue weighted by Gasteiger charge is -2.00. The van der Waals surface area contributed by atoms with Crippen molar-refractivity contribution in [3.05, 3.63) is 58.7 Å². The van der Waals surface area contributed by atoms with Gasteiger partial charge in [-0.05, 0) is 54.6 Å². The van der Waals surface area contributed by atoms with Crippen LogP contribution in [0.5, 0.6) is 0 Å². The average Bonchev–Trinajstić information content (AvgIpc) is 2.80. The fourth-order valence-corrected chi connectivity index (χ4v) is 3.24. The van der Waals surface area contributed by atoms with Gasteiger partial charge in [0.15, 0.2) is 0 Å². The molecule has 0 aromatic carbocycles. The Morgan fingerprint density at radius 2 is 1.94 bits per heavy atom. The summed E-state index contributed by atoms with van der Waals surface area (Å²) in [6, 6.07) is 6.08. The first-order chi connectivity index (χ1) is 7.75. The molecule has 1 aliphatic heterocycles. The predicted molar refractivity (Wildman–Crippen MR) is 70.6 cm³/mol. The molecule has 0 unspecified atom stereocenters. The van der Waals surface area contributed by atoms with Crippen LogP contribution < -0.4 is 0 Å². The van der Waals surface area contributed by atoms with Gasteiger partial charge in [0, 0.05) is 17.1 Å². The van der Waals surface area contributed by atoms with E-state index in [0.717, 1.165) is 5.69 Å². The zero-order chi connectivity index (χ0) is 11.1. The molecule has 3 rings (SSSR count). The molecule has 1 nitrogen and oxygen atoms in total. The lowest BCUT2D eigenvalue weighted by atomic mass is 10.1. The second-order valence-corrected chi connectivity index (χ2v) is 5.49. The van der Waals surface area contributed by atoms with E-state index in [1.54, 1.807) is 0 Å². The van der Waals surface area contributed by atoms with Gasteiger partial charge >= 0.3 is 0 Å². The van der Waals surface area contributed by atoms with Gasteiger partial charge in [0.25, 0.3) is 0 Å². The summed E-state index contributed by atoms with van der Waals surface area (Å²) in [4.78, 5) is 4.43. The molecule has 0 fully saturated rings. The molecule has 2 aliphatic rings. The summed E-state index contributed by atoms with van der Waals surface area (Å²) in [5.74, 6) is 0. The Balaban J connectivity index is 2.19. The second-order valence-electron chi connectivity index (χ2n) is 4.12. The van der Waals surface area contributed by atoms with Crippen LogP contribution in [0, 0.1) is 0 Å². The number of fused-ring (bicyclic) bond motifs is 1. The van der Waals surface area contributed by atoms with Gasteiger partial charge in [-0.15, -0.1) is 0 Å². The minimum Gasteiger partial charge on any atom is -0.256 e. The van der Waals surface area contributed by atoms with Crippen molar-refractivity contribution in [2.45, 2.75) is 13.8 Å². The number of aromatic nitrogens is 1. The van der Waals surface area contributed by atoms with Crippen LogP contribution in [-0.2, 0) is 0 Å². The van der Waals surface area contributed by atoms with Gasteiger partial charge in [-0.25, -0.2) is 0 Å². The van der Waals surface area contributed by atoms with Crippen LogP contribution in [0.3, 0.4) is 0 Å². The van der Waals surface area contributed by atoms with Crippen LogP contribution in [-0.4, -0.2) is 10.3 Å². The van der Waals surface area contributed by atoms with E-state index in [1.807, 2.05) is 18.3 Å². The molecular weight excluding hydrogens is 213 g/mol. The third-order valence-corrected chi connectivity index (χ3v) is 4.16. The van der Waals surface area contributed by atoms with Crippen LogP contribution in [0.4, 0.5) is 0 Å². The van der Waals surface area contributed by atoms with Gasteiger partial charge in [-0.2, -0.15) is 0 Å². The Labute approximate surface area is 97.0 Å². The van der Waals surface area contributed by atoms with Gasteiger partial charge in [-0.3, -0.25) is 4.98 Å². The maximum atomic E-state index is 4.43. The largest absolute Gasteiger partial charge is 0.256 e. The lowest BCUT2D eigenvalue weighted by molar-refractivity contribution is 1.28. The Morgan fingerprint density at radius 1 is 1.06 bits per heavy atom. The predicted octanol–water partition coefficient (Wildman–Crippen LogP) is 3.83. The first kappa shape index (κ1) is 9.74. The van der Waals surface area contributed by atoms with Crippen molar-refractivity contribution >= 4 is 19.1 Å². The topological polar surface area (TPSA) is 12.9 Å². The molecule has 0 atom stereocenters. The highest BCUT2D eigenvalue weighted by Crippen LogP contribution is 2.40. The van der Waals surface area contributed by atoms with Crippen molar-refractivity contribution in [3.63, 3.8) is 0 Å². The number of hydrogen-bond acceptors (Lipinski definition) is 1. The molecule has 16 heavy (non-hydrogen) atoms. The summed E-state index contributed by atoms with van der Waals surface area (Å²) in [6.45, 7) is 4.37. The van der Waals surface area contributed by atoms with E-state index in [1.165, 1.54) is 35.5 Å². The van der Waals surface area contributed by atoms with E-state index in [-0.39, 0.29) is 0 Å². The Hall–Kier alpha value is -1.46. The molecule has 2 heteroatoms. The molecule has 1 aromatic heterocycles. The number of allylic oxidation sites excluding steroid dienone is 6. The summed E-state index contributed by atoms with van der Waals surface area (Å²) in [6.07, 6.45) is 6.39. The van der Waals surface area contributed by atoms with Crippen LogP contribution in [0.1, 0.15) is 19.5 Å². The van der Waals surface area contributed by atoms with Crippen molar-refractivity contribution in [3.8, 4) is 0 Å². The minimum atomic E-state index is 1.08. The van der Waals surface area contributed by atoms with Gasteiger partial charge in [0.1, 0.15) is 0 Å². The SMILES string of the molecule is CC1=CC2=C(c3ccccn3)C=C(C)C2=P1. The summed E-state index contributed by atoms with van der Waals surface area (Å²) in [5, 5.41) is 2.88. The number of hydrogen-bond donors (Lipinski definition) is 0. The normalized spacial score (nSPS) is 19.2. The lowest BCUT2D eigenvalue weighted by Crippen LogP contribution is -1.92. The van der Waals surface area contributed by atoms with E-state index in [2.05, 4.69) is 37.0 Å². The number of rotatable bonds is 1. The standard InChI is InChI=1S/C14H12NP/c1-9-7-11(13-5-3-4-6-15-13)12-8-10(2)16-14(9)12/h3-8H,1-2H3. The summed E-state index contributed by atoms with van der Waals surface area (Å²) < 4.78 is 0. The summed E-state index contributed by atoms with van der Waals surface area (Å²) >= 11 is 0. The minimum absolute atomic E-state index is 1.08. The molecule has 1 aromatic rings. The van der Waals surface area contributed by atoms with Gasteiger partial charge in [0.05, 0.1) is 5.69 Å². The molecular formula is C14H12NP. The van der Waals surface area contributed by atoms with Crippen LogP contribution in [0.25, 0.3) is 5.57 Å². The van der Waals surface area contributed by atoms with E-state index in [4.69, 9.17) is 0 Å². The van der Waals surface area contributed by atoms with E-state index in [9.17, 15) is 0 Å². The van der Waals surface area contributed by atoms with Gasteiger partial charge in [0.2, 0.25) is 0 Å². The molecule has 0 spiro atoms. The van der Waals surface area contributed by atoms with Crippen molar-refractivity contribution in [1.82, 2.24) is 4.98 Å². The van der Waals surface area contributed by atoms with Gasteiger partial charge in [-0.1, -0.05) is 14.3 Å². The smallest absolute Gasteiger partial charge is 0.0708 e. The first-order valence-corrected chi connectivity index (χ1v) is 6.27. The number of pyridine rings is 1. The van der Waals surface area contributed by atoms with E-state index >= 15 is 0 Å². The maximum Gasteiger partial charge on any atom is 0.0708 e. The first-order valence-electron chi connectivity index (χ1n) is 5.37. The summed E-state index contributed by atoms with van der Waals surface area (Å²) in [5.41, 5.74) is 5.10. The molecule has 0 bridgehead atoms. The maximum absolute atomic E-state index is 4.43. The molecule has 0 saturated heterocycles. The zero-order valence-electron chi connectivity index (χ0n) is 9.36. The molecule has 0 radical (unpaired) electrons. The highest BCUT2D eigenvalue weighted by molar-refractivity contribution is 7.47. The monoisotopic (exact) mass is 225 g/mol. The molecule has 2 heterocycles. The number of nitrogens with zero attached hydrogens (tertiary/aromatic N) is 1. The molecule has 1 aliphatic carbocycles. The van der Waals surface area contributed by atoms with Crippen molar-refractivity contribution in [2.24, 2.45) is 0 Å². The zero-order valence-corrected chi connectivity index (χ0v) is 10.3. The third-order valence-electron chi connectivity index (χ3n) is 2.86. The molecule has 78 valence electrons. The molecule has 0 saturated carbocycles. The van der Waals surface area contributed by atoms with E-state index in [0.29, 0.717) is 0 Å². The van der Waals surface area contributed by atoms with Crippen LogP contribution >= 0.6 is 8.20 Å². The van der Waals surface area contributed by atoms with Crippen molar-refractivity contribution < 1.29 is 0 Å². The Bertz CT molecular complexity index is 574. The van der Waals surface area contributed by atoms with Crippen molar-refractivity contribution in [2.75, 3.05) is 0 Å². The third kappa shape index (κ3) is 1.40. The van der Waals surface area contributed by atoms with Crippen LogP contribution in [0.15, 0.2) is 53.0 Å².